The van der Waals surface area contributed by atoms with Crippen molar-refractivity contribution in [2.24, 2.45) is 0 Å². The van der Waals surface area contributed by atoms with E-state index in [9.17, 15) is 14.7 Å². The number of aliphatic hydroxyl groups excluding tert-OH is 1. The highest BCUT2D eigenvalue weighted by molar-refractivity contribution is 6.32. The average Bonchev–Trinajstić information content (AvgIpc) is 3.34. The zero-order valence-corrected chi connectivity index (χ0v) is 24.5. The fourth-order valence-corrected chi connectivity index (χ4v) is 4.52. The standard InChI is InChI=1S/C30H39ClN4O5/c1-6-35-17-27(33-29(35)20(4)18-39-34-21(5)37)23-9-7-22(8-10-23)15-25(13-14-36)32-30(38)24-11-12-28(26(31)16-24)40-19(2)3/h7-12,16-17,19-20,25,36H,6,13-15,18H2,1-5H3,(H,32,38)(H,34,37)/t20-,25+/m0/s1. The minimum atomic E-state index is -0.262. The van der Waals surface area contributed by atoms with Gasteiger partial charge in [-0.15, -0.1) is 0 Å². The third kappa shape index (κ3) is 8.81. The summed E-state index contributed by atoms with van der Waals surface area (Å²) < 4.78 is 7.72. The van der Waals surface area contributed by atoms with Crippen LogP contribution >= 0.6 is 11.6 Å². The van der Waals surface area contributed by atoms with Crippen LogP contribution in [0.1, 0.15) is 68.7 Å². The van der Waals surface area contributed by atoms with Gasteiger partial charge in [-0.1, -0.05) is 42.8 Å². The molecule has 1 heterocycles. The van der Waals surface area contributed by atoms with Crippen molar-refractivity contribution in [2.75, 3.05) is 13.2 Å². The molecule has 3 rings (SSSR count). The van der Waals surface area contributed by atoms with E-state index in [2.05, 4.69) is 22.3 Å². The number of nitrogens with zero attached hydrogens (tertiary/aromatic N) is 2. The van der Waals surface area contributed by atoms with Gasteiger partial charge in [0.1, 0.15) is 11.6 Å². The molecule has 0 aliphatic heterocycles. The number of ether oxygens (including phenoxy) is 1. The number of amides is 2. The highest BCUT2D eigenvalue weighted by Gasteiger charge is 2.18. The maximum atomic E-state index is 12.9. The van der Waals surface area contributed by atoms with Gasteiger partial charge in [0.05, 0.1) is 23.4 Å². The van der Waals surface area contributed by atoms with Crippen LogP contribution in [0.2, 0.25) is 5.02 Å². The van der Waals surface area contributed by atoms with E-state index in [-0.39, 0.29) is 36.5 Å². The monoisotopic (exact) mass is 570 g/mol. The molecule has 216 valence electrons. The summed E-state index contributed by atoms with van der Waals surface area (Å²) in [6, 6.07) is 12.7. The van der Waals surface area contributed by atoms with Crippen molar-refractivity contribution in [3.8, 4) is 17.0 Å². The molecule has 0 saturated carbocycles. The van der Waals surface area contributed by atoms with Crippen LogP contribution in [0.15, 0.2) is 48.7 Å². The van der Waals surface area contributed by atoms with Crippen LogP contribution in [-0.2, 0) is 22.6 Å². The number of carbonyl (C=O) groups is 2. The van der Waals surface area contributed by atoms with Gasteiger partial charge in [0, 0.05) is 49.4 Å². The summed E-state index contributed by atoms with van der Waals surface area (Å²) in [5.41, 5.74) is 5.62. The molecular formula is C30H39ClN4O5. The van der Waals surface area contributed by atoms with Crippen LogP contribution in [-0.4, -0.2) is 51.8 Å². The predicted molar refractivity (Wildman–Crippen MR) is 155 cm³/mol. The minimum Gasteiger partial charge on any atom is -0.489 e. The molecule has 2 atom stereocenters. The highest BCUT2D eigenvalue weighted by Crippen LogP contribution is 2.27. The van der Waals surface area contributed by atoms with Gasteiger partial charge in [-0.3, -0.25) is 14.4 Å². The van der Waals surface area contributed by atoms with Crippen LogP contribution in [0.25, 0.3) is 11.3 Å². The minimum absolute atomic E-state index is 0.0171. The first-order valence-electron chi connectivity index (χ1n) is 13.5. The summed E-state index contributed by atoms with van der Waals surface area (Å²) in [5, 5.41) is 13.0. The molecule has 0 bridgehead atoms. The van der Waals surface area contributed by atoms with E-state index in [1.807, 2.05) is 51.2 Å². The highest BCUT2D eigenvalue weighted by atomic mass is 35.5. The van der Waals surface area contributed by atoms with Gasteiger partial charge < -0.3 is 19.7 Å². The smallest absolute Gasteiger partial charge is 0.251 e. The number of hydroxylamine groups is 1. The number of aromatic nitrogens is 2. The molecular weight excluding hydrogens is 532 g/mol. The van der Waals surface area contributed by atoms with Crippen LogP contribution in [0.4, 0.5) is 0 Å². The Kier molecular flexibility index (Phi) is 11.5. The third-order valence-corrected chi connectivity index (χ3v) is 6.53. The second-order valence-corrected chi connectivity index (χ2v) is 10.4. The molecule has 9 nitrogen and oxygen atoms in total. The van der Waals surface area contributed by atoms with Gasteiger partial charge in [0.15, 0.2) is 0 Å². The number of rotatable bonds is 14. The Morgan fingerprint density at radius 1 is 1.12 bits per heavy atom. The third-order valence-electron chi connectivity index (χ3n) is 6.24. The number of nitrogens with one attached hydrogen (secondary N) is 2. The van der Waals surface area contributed by atoms with Crippen LogP contribution < -0.4 is 15.5 Å². The normalized spacial score (nSPS) is 12.7. The Hall–Kier alpha value is -3.40. The van der Waals surface area contributed by atoms with Gasteiger partial charge in [-0.2, -0.15) is 0 Å². The Morgan fingerprint density at radius 2 is 1.85 bits per heavy atom. The Morgan fingerprint density at radius 3 is 2.45 bits per heavy atom. The summed E-state index contributed by atoms with van der Waals surface area (Å²) in [4.78, 5) is 34.1. The van der Waals surface area contributed by atoms with Gasteiger partial charge in [0.2, 0.25) is 5.91 Å². The quantitative estimate of drug-likeness (QED) is 0.237. The number of aliphatic hydroxyl groups is 1. The zero-order chi connectivity index (χ0) is 29.2. The van der Waals surface area contributed by atoms with E-state index in [0.29, 0.717) is 35.8 Å². The van der Waals surface area contributed by atoms with E-state index in [0.717, 1.165) is 29.2 Å². The lowest BCUT2D eigenvalue weighted by Crippen LogP contribution is -2.37. The van der Waals surface area contributed by atoms with Crippen molar-refractivity contribution < 1.29 is 24.3 Å². The van der Waals surface area contributed by atoms with E-state index in [4.69, 9.17) is 26.2 Å². The van der Waals surface area contributed by atoms with Crippen molar-refractivity contribution in [3.05, 3.63) is 70.6 Å². The Balaban J connectivity index is 1.67. The molecule has 0 unspecified atom stereocenters. The average molecular weight is 571 g/mol. The summed E-state index contributed by atoms with van der Waals surface area (Å²) >= 11 is 6.31. The molecule has 1 aromatic heterocycles. The van der Waals surface area contributed by atoms with E-state index < -0.39 is 0 Å². The van der Waals surface area contributed by atoms with Gasteiger partial charge in [-0.05, 0) is 57.4 Å². The molecule has 0 radical (unpaired) electrons. The van der Waals surface area contributed by atoms with Crippen LogP contribution in [0.5, 0.6) is 5.75 Å². The van der Waals surface area contributed by atoms with Crippen LogP contribution in [0.3, 0.4) is 0 Å². The lowest BCUT2D eigenvalue weighted by Gasteiger charge is -2.19. The number of carbonyl (C=O) groups excluding carboxylic acids is 2. The number of imidazole rings is 1. The predicted octanol–water partition coefficient (Wildman–Crippen LogP) is 4.91. The lowest BCUT2D eigenvalue weighted by molar-refractivity contribution is -0.131. The van der Waals surface area contributed by atoms with Gasteiger partial charge in [0.25, 0.3) is 5.91 Å². The topological polar surface area (TPSA) is 115 Å². The number of aryl methyl sites for hydroxylation is 1. The Labute approximate surface area is 240 Å². The number of benzene rings is 2. The summed E-state index contributed by atoms with van der Waals surface area (Å²) in [6.07, 6.45) is 2.96. The molecule has 0 fully saturated rings. The first-order valence-corrected chi connectivity index (χ1v) is 13.9. The SMILES string of the molecule is CCn1cc(-c2ccc(C[C@@H](CCO)NC(=O)c3ccc(OC(C)C)c(Cl)c3)cc2)nc1[C@@H](C)CONC(C)=O. The van der Waals surface area contributed by atoms with Crippen molar-refractivity contribution in [1.82, 2.24) is 20.3 Å². The summed E-state index contributed by atoms with van der Waals surface area (Å²) in [6.45, 7) is 10.3. The molecule has 10 heteroatoms. The molecule has 0 spiro atoms. The Bertz CT molecular complexity index is 1280. The molecule has 40 heavy (non-hydrogen) atoms. The fourth-order valence-electron chi connectivity index (χ4n) is 4.30. The number of halogens is 1. The first-order chi connectivity index (χ1) is 19.1. The molecule has 3 aromatic rings. The summed E-state index contributed by atoms with van der Waals surface area (Å²) in [5.74, 6) is 0.882. The second-order valence-electron chi connectivity index (χ2n) is 10.0. The van der Waals surface area contributed by atoms with E-state index >= 15 is 0 Å². The molecule has 3 N–H and O–H groups in total. The zero-order valence-electron chi connectivity index (χ0n) is 23.7. The molecule has 2 amide bonds. The van der Waals surface area contributed by atoms with Crippen LogP contribution in [0, 0.1) is 0 Å². The fraction of sp³-hybridized carbons (Fsp3) is 0.433. The van der Waals surface area contributed by atoms with Crippen molar-refractivity contribution in [1.29, 1.82) is 0 Å². The maximum absolute atomic E-state index is 12.9. The lowest BCUT2D eigenvalue weighted by atomic mass is 10.0. The van der Waals surface area contributed by atoms with E-state index in [1.54, 1.807) is 18.2 Å². The number of hydrogen-bond donors (Lipinski definition) is 3. The van der Waals surface area contributed by atoms with Crippen molar-refractivity contribution in [3.63, 3.8) is 0 Å². The first kappa shape index (κ1) is 31.1. The molecule has 0 aliphatic carbocycles. The molecule has 0 saturated heterocycles. The largest absolute Gasteiger partial charge is 0.489 e. The number of hydrogen-bond acceptors (Lipinski definition) is 6. The second kappa shape index (κ2) is 14.8. The van der Waals surface area contributed by atoms with Gasteiger partial charge in [-0.25, -0.2) is 10.5 Å². The summed E-state index contributed by atoms with van der Waals surface area (Å²) in [7, 11) is 0. The van der Waals surface area contributed by atoms with E-state index in [1.165, 1.54) is 6.92 Å². The van der Waals surface area contributed by atoms with Gasteiger partial charge >= 0.3 is 0 Å². The maximum Gasteiger partial charge on any atom is 0.251 e. The van der Waals surface area contributed by atoms with Crippen molar-refractivity contribution >= 4 is 23.4 Å². The molecule has 2 aromatic carbocycles. The van der Waals surface area contributed by atoms with Crippen molar-refractivity contribution in [2.45, 2.75) is 72.1 Å². The molecule has 0 aliphatic rings.